The van der Waals surface area contributed by atoms with Crippen LogP contribution in [0.25, 0.3) is 0 Å². The quantitative estimate of drug-likeness (QED) is 0.774. The van der Waals surface area contributed by atoms with Crippen molar-refractivity contribution in [2.24, 2.45) is 0 Å². The molecule has 1 aromatic heterocycles. The highest BCUT2D eigenvalue weighted by Crippen LogP contribution is 2.24. The fourth-order valence-electron chi connectivity index (χ4n) is 2.45. The first-order chi connectivity index (χ1) is 9.22. The van der Waals surface area contributed by atoms with Gasteiger partial charge in [-0.15, -0.1) is 0 Å². The second-order valence-electron chi connectivity index (χ2n) is 4.68. The van der Waals surface area contributed by atoms with E-state index in [-0.39, 0.29) is 24.5 Å². The SMILES string of the molecule is COC(=O)CN(C(=O)c1ccncc1)C1CCCC1. The van der Waals surface area contributed by atoms with Gasteiger partial charge in [0.25, 0.3) is 5.91 Å². The second-order valence-corrected chi connectivity index (χ2v) is 4.68. The van der Waals surface area contributed by atoms with E-state index in [4.69, 9.17) is 0 Å². The molecule has 1 amide bonds. The van der Waals surface area contributed by atoms with Crippen molar-refractivity contribution in [1.82, 2.24) is 9.88 Å². The molecule has 0 saturated heterocycles. The van der Waals surface area contributed by atoms with Gasteiger partial charge in [-0.3, -0.25) is 14.6 Å². The number of aromatic nitrogens is 1. The predicted molar refractivity (Wildman–Crippen MR) is 69.5 cm³/mol. The smallest absolute Gasteiger partial charge is 0.325 e. The minimum Gasteiger partial charge on any atom is -0.468 e. The van der Waals surface area contributed by atoms with Crippen LogP contribution in [-0.4, -0.2) is 41.5 Å². The predicted octanol–water partition coefficient (Wildman–Crippen LogP) is 1.64. The number of pyridine rings is 1. The fraction of sp³-hybridized carbons (Fsp3) is 0.500. The van der Waals surface area contributed by atoms with Gasteiger partial charge in [-0.2, -0.15) is 0 Å². The third kappa shape index (κ3) is 3.30. The molecule has 0 aromatic carbocycles. The van der Waals surface area contributed by atoms with Gasteiger partial charge in [-0.05, 0) is 25.0 Å². The minimum atomic E-state index is -0.380. The lowest BCUT2D eigenvalue weighted by Crippen LogP contribution is -2.42. The van der Waals surface area contributed by atoms with Crippen LogP contribution in [0.3, 0.4) is 0 Å². The van der Waals surface area contributed by atoms with E-state index in [2.05, 4.69) is 9.72 Å². The summed E-state index contributed by atoms with van der Waals surface area (Å²) >= 11 is 0. The number of ether oxygens (including phenoxy) is 1. The summed E-state index contributed by atoms with van der Waals surface area (Å²) in [7, 11) is 1.34. The second kappa shape index (κ2) is 6.31. The average molecular weight is 262 g/mol. The van der Waals surface area contributed by atoms with Gasteiger partial charge in [0.1, 0.15) is 6.54 Å². The van der Waals surface area contributed by atoms with Gasteiger partial charge >= 0.3 is 5.97 Å². The summed E-state index contributed by atoms with van der Waals surface area (Å²) in [6, 6.07) is 3.48. The van der Waals surface area contributed by atoms with Gasteiger partial charge < -0.3 is 9.64 Å². The summed E-state index contributed by atoms with van der Waals surface area (Å²) in [5.41, 5.74) is 0.561. The Bertz CT molecular complexity index is 441. The molecule has 0 radical (unpaired) electrons. The van der Waals surface area contributed by atoms with Crippen molar-refractivity contribution >= 4 is 11.9 Å². The molecule has 0 bridgehead atoms. The molecule has 102 valence electrons. The lowest BCUT2D eigenvalue weighted by Gasteiger charge is -2.27. The zero-order valence-corrected chi connectivity index (χ0v) is 11.0. The van der Waals surface area contributed by atoms with Crippen LogP contribution in [0.4, 0.5) is 0 Å². The zero-order valence-electron chi connectivity index (χ0n) is 11.0. The highest BCUT2D eigenvalue weighted by Gasteiger charge is 2.29. The van der Waals surface area contributed by atoms with Gasteiger partial charge in [0.05, 0.1) is 7.11 Å². The van der Waals surface area contributed by atoms with E-state index in [1.165, 1.54) is 7.11 Å². The Kier molecular flexibility index (Phi) is 4.49. The molecule has 5 nitrogen and oxygen atoms in total. The van der Waals surface area contributed by atoms with Crippen LogP contribution < -0.4 is 0 Å². The maximum Gasteiger partial charge on any atom is 0.325 e. The fourth-order valence-corrected chi connectivity index (χ4v) is 2.45. The van der Waals surface area contributed by atoms with Gasteiger partial charge in [-0.1, -0.05) is 12.8 Å². The summed E-state index contributed by atoms with van der Waals surface area (Å²) in [6.45, 7) is 0.0162. The number of rotatable bonds is 4. The molecule has 0 aliphatic heterocycles. The molecule has 1 heterocycles. The molecule has 1 aliphatic carbocycles. The Morgan fingerprint density at radius 2 is 1.95 bits per heavy atom. The molecular weight excluding hydrogens is 244 g/mol. The van der Waals surface area contributed by atoms with Crippen molar-refractivity contribution in [2.75, 3.05) is 13.7 Å². The standard InChI is InChI=1S/C14H18N2O3/c1-19-13(17)10-16(12-4-2-3-5-12)14(18)11-6-8-15-9-7-11/h6-9,12H,2-5,10H2,1H3. The van der Waals surface area contributed by atoms with E-state index in [1.54, 1.807) is 29.4 Å². The largest absolute Gasteiger partial charge is 0.468 e. The van der Waals surface area contributed by atoms with E-state index in [0.29, 0.717) is 5.56 Å². The van der Waals surface area contributed by atoms with Crippen molar-refractivity contribution in [2.45, 2.75) is 31.7 Å². The summed E-state index contributed by atoms with van der Waals surface area (Å²) < 4.78 is 4.68. The first-order valence-electron chi connectivity index (χ1n) is 6.50. The first-order valence-corrected chi connectivity index (χ1v) is 6.50. The van der Waals surface area contributed by atoms with Crippen molar-refractivity contribution < 1.29 is 14.3 Å². The minimum absolute atomic E-state index is 0.0162. The van der Waals surface area contributed by atoms with Gasteiger partial charge in [0.2, 0.25) is 0 Å². The number of nitrogens with zero attached hydrogens (tertiary/aromatic N) is 2. The van der Waals surface area contributed by atoms with E-state index >= 15 is 0 Å². The topological polar surface area (TPSA) is 59.5 Å². The van der Waals surface area contributed by atoms with Crippen LogP contribution in [-0.2, 0) is 9.53 Å². The Hall–Kier alpha value is -1.91. The van der Waals surface area contributed by atoms with Gasteiger partial charge in [0, 0.05) is 24.0 Å². The van der Waals surface area contributed by atoms with Crippen molar-refractivity contribution in [3.63, 3.8) is 0 Å². The Morgan fingerprint density at radius 1 is 1.32 bits per heavy atom. The number of carbonyl (C=O) groups excluding carboxylic acids is 2. The molecule has 0 unspecified atom stereocenters. The highest BCUT2D eigenvalue weighted by molar-refractivity contribution is 5.96. The Labute approximate surface area is 112 Å². The summed E-state index contributed by atoms with van der Waals surface area (Å²) in [6.07, 6.45) is 7.27. The summed E-state index contributed by atoms with van der Waals surface area (Å²) in [4.78, 5) is 29.5. The maximum absolute atomic E-state index is 12.5. The van der Waals surface area contributed by atoms with Crippen LogP contribution in [0.1, 0.15) is 36.0 Å². The molecule has 1 aromatic rings. The number of hydrogen-bond donors (Lipinski definition) is 0. The lowest BCUT2D eigenvalue weighted by molar-refractivity contribution is -0.141. The zero-order chi connectivity index (χ0) is 13.7. The molecule has 2 rings (SSSR count). The number of methoxy groups -OCH3 is 1. The molecular formula is C14H18N2O3. The van der Waals surface area contributed by atoms with E-state index < -0.39 is 0 Å². The maximum atomic E-state index is 12.5. The number of hydrogen-bond acceptors (Lipinski definition) is 4. The van der Waals surface area contributed by atoms with E-state index in [9.17, 15) is 9.59 Å². The third-order valence-electron chi connectivity index (χ3n) is 3.48. The van der Waals surface area contributed by atoms with Crippen LogP contribution in [0.5, 0.6) is 0 Å². The third-order valence-corrected chi connectivity index (χ3v) is 3.48. The molecule has 0 spiro atoms. The molecule has 1 saturated carbocycles. The number of carbonyl (C=O) groups is 2. The molecule has 1 fully saturated rings. The molecule has 5 heteroatoms. The number of esters is 1. The number of amides is 1. The molecule has 1 aliphatic rings. The van der Waals surface area contributed by atoms with Crippen molar-refractivity contribution in [3.05, 3.63) is 30.1 Å². The summed E-state index contributed by atoms with van der Waals surface area (Å²) in [5.74, 6) is -0.506. The van der Waals surface area contributed by atoms with E-state index in [1.807, 2.05) is 0 Å². The van der Waals surface area contributed by atoms with Gasteiger partial charge in [0.15, 0.2) is 0 Å². The molecule has 0 N–H and O–H groups in total. The Morgan fingerprint density at radius 3 is 2.53 bits per heavy atom. The van der Waals surface area contributed by atoms with Crippen LogP contribution in [0.2, 0.25) is 0 Å². The normalized spacial score (nSPS) is 15.2. The molecule has 19 heavy (non-hydrogen) atoms. The van der Waals surface area contributed by atoms with Crippen LogP contribution in [0, 0.1) is 0 Å². The van der Waals surface area contributed by atoms with Crippen LogP contribution in [0.15, 0.2) is 24.5 Å². The van der Waals surface area contributed by atoms with Crippen molar-refractivity contribution in [3.8, 4) is 0 Å². The van der Waals surface area contributed by atoms with Crippen molar-refractivity contribution in [1.29, 1.82) is 0 Å². The highest BCUT2D eigenvalue weighted by atomic mass is 16.5. The average Bonchev–Trinajstić information content (AvgIpc) is 2.98. The Balaban J connectivity index is 2.16. The lowest BCUT2D eigenvalue weighted by atomic mass is 10.1. The monoisotopic (exact) mass is 262 g/mol. The van der Waals surface area contributed by atoms with Crippen LogP contribution >= 0.6 is 0 Å². The summed E-state index contributed by atoms with van der Waals surface area (Å²) in [5, 5.41) is 0. The van der Waals surface area contributed by atoms with Gasteiger partial charge in [-0.25, -0.2) is 0 Å². The first kappa shape index (κ1) is 13.5. The van der Waals surface area contributed by atoms with E-state index in [0.717, 1.165) is 25.7 Å². The molecule has 0 atom stereocenters.